The van der Waals surface area contributed by atoms with E-state index in [9.17, 15) is 5.11 Å². The fourth-order valence-corrected chi connectivity index (χ4v) is 1.89. The summed E-state index contributed by atoms with van der Waals surface area (Å²) >= 11 is 0. The minimum atomic E-state index is -0.0467. The van der Waals surface area contributed by atoms with Gasteiger partial charge in [-0.1, -0.05) is 13.8 Å². The van der Waals surface area contributed by atoms with Gasteiger partial charge in [0.1, 0.15) is 5.82 Å². The van der Waals surface area contributed by atoms with Crippen molar-refractivity contribution >= 4 is 5.69 Å². The lowest BCUT2D eigenvalue weighted by Gasteiger charge is -2.29. The SMILES string of the molecule is CC(C)c1ncc(N2CCOCC2)c(CO)n1. The van der Waals surface area contributed by atoms with Crippen LogP contribution in [0.2, 0.25) is 0 Å². The van der Waals surface area contributed by atoms with Gasteiger partial charge in [-0.2, -0.15) is 0 Å². The molecule has 0 aromatic carbocycles. The van der Waals surface area contributed by atoms with Crippen LogP contribution in [0.25, 0.3) is 0 Å². The summed E-state index contributed by atoms with van der Waals surface area (Å²) in [6.45, 7) is 7.15. The second-order valence-corrected chi connectivity index (χ2v) is 4.47. The van der Waals surface area contributed by atoms with Crippen LogP contribution in [0, 0.1) is 0 Å². The molecule has 1 aliphatic heterocycles. The standard InChI is InChI=1S/C12H19N3O2/c1-9(2)12-13-7-11(10(8-16)14-12)15-3-5-17-6-4-15/h7,9,16H,3-6,8H2,1-2H3. The predicted octanol–water partition coefficient (Wildman–Crippen LogP) is 0.929. The molecular weight excluding hydrogens is 218 g/mol. The molecule has 0 atom stereocenters. The average Bonchev–Trinajstić information content (AvgIpc) is 2.39. The van der Waals surface area contributed by atoms with Crippen molar-refractivity contribution in [2.75, 3.05) is 31.2 Å². The van der Waals surface area contributed by atoms with E-state index in [1.165, 1.54) is 0 Å². The van der Waals surface area contributed by atoms with E-state index in [0.717, 1.165) is 37.8 Å². The van der Waals surface area contributed by atoms with Crippen molar-refractivity contribution in [3.8, 4) is 0 Å². The van der Waals surface area contributed by atoms with Gasteiger partial charge in [0.2, 0.25) is 0 Å². The van der Waals surface area contributed by atoms with E-state index in [0.29, 0.717) is 5.69 Å². The summed E-state index contributed by atoms with van der Waals surface area (Å²) in [6.07, 6.45) is 1.82. The highest BCUT2D eigenvalue weighted by atomic mass is 16.5. The van der Waals surface area contributed by atoms with Crippen molar-refractivity contribution in [2.45, 2.75) is 26.4 Å². The van der Waals surface area contributed by atoms with Crippen molar-refractivity contribution in [1.29, 1.82) is 0 Å². The fraction of sp³-hybridized carbons (Fsp3) is 0.667. The van der Waals surface area contributed by atoms with Crippen molar-refractivity contribution in [2.24, 2.45) is 0 Å². The van der Waals surface area contributed by atoms with E-state index in [4.69, 9.17) is 4.74 Å². The van der Waals surface area contributed by atoms with Gasteiger partial charge in [0.15, 0.2) is 0 Å². The van der Waals surface area contributed by atoms with E-state index in [-0.39, 0.29) is 12.5 Å². The van der Waals surface area contributed by atoms with Gasteiger partial charge < -0.3 is 14.7 Å². The van der Waals surface area contributed by atoms with Gasteiger partial charge in [-0.3, -0.25) is 0 Å². The van der Waals surface area contributed by atoms with Gasteiger partial charge in [-0.15, -0.1) is 0 Å². The normalized spacial score (nSPS) is 16.6. The molecule has 2 rings (SSSR count). The topological polar surface area (TPSA) is 58.5 Å². The monoisotopic (exact) mass is 237 g/mol. The number of nitrogens with zero attached hydrogens (tertiary/aromatic N) is 3. The molecule has 1 saturated heterocycles. The number of hydrogen-bond donors (Lipinski definition) is 1. The van der Waals surface area contributed by atoms with Gasteiger partial charge in [-0.25, -0.2) is 9.97 Å². The summed E-state index contributed by atoms with van der Waals surface area (Å²) in [5, 5.41) is 9.41. The van der Waals surface area contributed by atoms with E-state index >= 15 is 0 Å². The third-order valence-electron chi connectivity index (χ3n) is 2.88. The Balaban J connectivity index is 2.26. The zero-order chi connectivity index (χ0) is 12.3. The van der Waals surface area contributed by atoms with Crippen LogP contribution in [-0.2, 0) is 11.3 Å². The van der Waals surface area contributed by atoms with Gasteiger partial charge in [0.25, 0.3) is 0 Å². The Morgan fingerprint density at radius 3 is 2.71 bits per heavy atom. The molecule has 1 aromatic heterocycles. The Kier molecular flexibility index (Phi) is 3.91. The molecule has 5 heteroatoms. The molecule has 0 radical (unpaired) electrons. The zero-order valence-corrected chi connectivity index (χ0v) is 10.4. The molecular formula is C12H19N3O2. The van der Waals surface area contributed by atoms with Crippen LogP contribution >= 0.6 is 0 Å². The maximum Gasteiger partial charge on any atom is 0.131 e. The Morgan fingerprint density at radius 1 is 1.41 bits per heavy atom. The van der Waals surface area contributed by atoms with Crippen LogP contribution in [0.15, 0.2) is 6.20 Å². The average molecular weight is 237 g/mol. The first kappa shape index (κ1) is 12.3. The summed E-state index contributed by atoms with van der Waals surface area (Å²) < 4.78 is 5.31. The first-order valence-electron chi connectivity index (χ1n) is 6.01. The van der Waals surface area contributed by atoms with Crippen molar-refractivity contribution in [3.63, 3.8) is 0 Å². The molecule has 0 saturated carbocycles. The van der Waals surface area contributed by atoms with E-state index in [1.807, 2.05) is 20.0 Å². The van der Waals surface area contributed by atoms with Crippen LogP contribution in [0.1, 0.15) is 31.3 Å². The molecule has 1 N–H and O–H groups in total. The third kappa shape index (κ3) is 2.73. The molecule has 0 bridgehead atoms. The number of anilines is 1. The zero-order valence-electron chi connectivity index (χ0n) is 10.4. The minimum Gasteiger partial charge on any atom is -0.390 e. The van der Waals surface area contributed by atoms with Gasteiger partial charge >= 0.3 is 0 Å². The van der Waals surface area contributed by atoms with E-state index in [2.05, 4.69) is 14.9 Å². The molecule has 94 valence electrons. The number of aromatic nitrogens is 2. The third-order valence-corrected chi connectivity index (χ3v) is 2.88. The van der Waals surface area contributed by atoms with Crippen LogP contribution in [0.4, 0.5) is 5.69 Å². The molecule has 5 nitrogen and oxygen atoms in total. The van der Waals surface area contributed by atoms with Gasteiger partial charge in [0.05, 0.1) is 37.4 Å². The quantitative estimate of drug-likeness (QED) is 0.847. The van der Waals surface area contributed by atoms with Crippen LogP contribution < -0.4 is 4.90 Å². The lowest BCUT2D eigenvalue weighted by molar-refractivity contribution is 0.122. The van der Waals surface area contributed by atoms with Crippen LogP contribution in [0.5, 0.6) is 0 Å². The summed E-state index contributed by atoms with van der Waals surface area (Å²) in [6, 6.07) is 0. The summed E-state index contributed by atoms with van der Waals surface area (Å²) in [5.41, 5.74) is 1.64. The Morgan fingerprint density at radius 2 is 2.12 bits per heavy atom. The molecule has 17 heavy (non-hydrogen) atoms. The molecule has 0 amide bonds. The highest BCUT2D eigenvalue weighted by molar-refractivity contribution is 5.49. The van der Waals surface area contributed by atoms with Crippen molar-refractivity contribution < 1.29 is 9.84 Å². The minimum absolute atomic E-state index is 0.0467. The Bertz CT molecular complexity index is 376. The van der Waals surface area contributed by atoms with Crippen LogP contribution in [-0.4, -0.2) is 41.4 Å². The number of aliphatic hydroxyl groups excluding tert-OH is 1. The van der Waals surface area contributed by atoms with Gasteiger partial charge in [0, 0.05) is 19.0 Å². The maximum atomic E-state index is 9.41. The van der Waals surface area contributed by atoms with E-state index in [1.54, 1.807) is 0 Å². The number of ether oxygens (including phenoxy) is 1. The second-order valence-electron chi connectivity index (χ2n) is 4.47. The molecule has 1 aliphatic rings. The second kappa shape index (κ2) is 5.42. The number of aliphatic hydroxyl groups is 1. The number of morpholine rings is 1. The Hall–Kier alpha value is -1.20. The van der Waals surface area contributed by atoms with Crippen LogP contribution in [0.3, 0.4) is 0 Å². The molecule has 0 spiro atoms. The first-order valence-corrected chi connectivity index (χ1v) is 6.01. The summed E-state index contributed by atoms with van der Waals surface area (Å²) in [7, 11) is 0. The lowest BCUT2D eigenvalue weighted by Crippen LogP contribution is -2.37. The van der Waals surface area contributed by atoms with Crippen molar-refractivity contribution in [3.05, 3.63) is 17.7 Å². The first-order chi connectivity index (χ1) is 8.22. The molecule has 1 aromatic rings. The fourth-order valence-electron chi connectivity index (χ4n) is 1.89. The van der Waals surface area contributed by atoms with E-state index < -0.39 is 0 Å². The molecule has 0 unspecified atom stereocenters. The summed E-state index contributed by atoms with van der Waals surface area (Å²) in [4.78, 5) is 10.9. The predicted molar refractivity (Wildman–Crippen MR) is 65.1 cm³/mol. The Labute approximate surface area is 101 Å². The number of hydrogen-bond acceptors (Lipinski definition) is 5. The summed E-state index contributed by atoms with van der Waals surface area (Å²) in [5.74, 6) is 1.06. The molecule has 1 fully saturated rings. The lowest BCUT2D eigenvalue weighted by atomic mass is 10.2. The maximum absolute atomic E-state index is 9.41. The number of rotatable bonds is 3. The largest absolute Gasteiger partial charge is 0.390 e. The van der Waals surface area contributed by atoms with Gasteiger partial charge in [-0.05, 0) is 0 Å². The molecule has 0 aliphatic carbocycles. The highest BCUT2D eigenvalue weighted by Crippen LogP contribution is 2.21. The highest BCUT2D eigenvalue weighted by Gasteiger charge is 2.17. The smallest absolute Gasteiger partial charge is 0.131 e. The van der Waals surface area contributed by atoms with Crippen molar-refractivity contribution in [1.82, 2.24) is 9.97 Å². The molecule has 2 heterocycles.